The Morgan fingerprint density at radius 2 is 1.74 bits per heavy atom. The Kier molecular flexibility index (Phi) is 5.58. The maximum atomic E-state index is 13.0. The molecular weight excluding hydrogens is 384 g/mol. The van der Waals surface area contributed by atoms with Crippen molar-refractivity contribution in [3.05, 3.63) is 46.0 Å². The standard InChI is InChI=1S/C20H25ClN2O3S/c1-13-11-14(2)20(23-9-5-6-10-23)15(3)19(13)22-27(24,25)18-12-16(26-4)7-8-17(18)21/h7-8,11-12,22H,5-6,9-10H2,1-4H3. The van der Waals surface area contributed by atoms with E-state index < -0.39 is 10.0 Å². The van der Waals surface area contributed by atoms with Crippen molar-refractivity contribution in [3.63, 3.8) is 0 Å². The molecule has 1 N–H and O–H groups in total. The average molecular weight is 409 g/mol. The Labute approximate surface area is 166 Å². The summed E-state index contributed by atoms with van der Waals surface area (Å²) in [5.74, 6) is 0.440. The monoisotopic (exact) mass is 408 g/mol. The first kappa shape index (κ1) is 19.8. The second kappa shape index (κ2) is 7.60. The second-order valence-electron chi connectivity index (χ2n) is 6.95. The first-order valence-electron chi connectivity index (χ1n) is 8.96. The van der Waals surface area contributed by atoms with Gasteiger partial charge in [-0.2, -0.15) is 0 Å². The number of nitrogens with one attached hydrogen (secondary N) is 1. The van der Waals surface area contributed by atoms with Gasteiger partial charge >= 0.3 is 0 Å². The van der Waals surface area contributed by atoms with Gasteiger partial charge in [0, 0.05) is 24.8 Å². The van der Waals surface area contributed by atoms with Crippen molar-refractivity contribution in [2.45, 2.75) is 38.5 Å². The topological polar surface area (TPSA) is 58.6 Å². The SMILES string of the molecule is COc1ccc(Cl)c(S(=O)(=O)Nc2c(C)cc(C)c(N3CCCC3)c2C)c1. The lowest BCUT2D eigenvalue weighted by Crippen LogP contribution is -2.22. The van der Waals surface area contributed by atoms with Crippen LogP contribution in [0.1, 0.15) is 29.5 Å². The molecule has 0 atom stereocenters. The van der Waals surface area contributed by atoms with E-state index in [0.717, 1.165) is 48.3 Å². The molecule has 0 radical (unpaired) electrons. The molecule has 0 aliphatic carbocycles. The fourth-order valence-electron chi connectivity index (χ4n) is 3.77. The Morgan fingerprint density at radius 3 is 2.37 bits per heavy atom. The molecule has 0 saturated carbocycles. The van der Waals surface area contributed by atoms with Crippen molar-refractivity contribution in [2.24, 2.45) is 0 Å². The predicted octanol–water partition coefficient (Wildman–Crippen LogP) is 4.67. The molecule has 0 unspecified atom stereocenters. The van der Waals surface area contributed by atoms with Crippen molar-refractivity contribution in [3.8, 4) is 5.75 Å². The van der Waals surface area contributed by atoms with Gasteiger partial charge in [0.2, 0.25) is 0 Å². The van der Waals surface area contributed by atoms with Crippen LogP contribution in [0.25, 0.3) is 0 Å². The van der Waals surface area contributed by atoms with Gasteiger partial charge in [0.25, 0.3) is 10.0 Å². The number of methoxy groups -OCH3 is 1. The minimum Gasteiger partial charge on any atom is -0.497 e. The third-order valence-electron chi connectivity index (χ3n) is 5.02. The van der Waals surface area contributed by atoms with Crippen LogP contribution in [0, 0.1) is 20.8 Å². The number of nitrogens with zero attached hydrogens (tertiary/aromatic N) is 1. The van der Waals surface area contributed by atoms with Crippen molar-refractivity contribution >= 4 is 33.0 Å². The smallest absolute Gasteiger partial charge is 0.263 e. The van der Waals surface area contributed by atoms with E-state index in [1.807, 2.05) is 19.9 Å². The molecule has 146 valence electrons. The summed E-state index contributed by atoms with van der Waals surface area (Å²) in [6.07, 6.45) is 2.32. The van der Waals surface area contributed by atoms with E-state index >= 15 is 0 Å². The Morgan fingerprint density at radius 1 is 1.07 bits per heavy atom. The Bertz CT molecular complexity index is 968. The van der Waals surface area contributed by atoms with Crippen LogP contribution < -0.4 is 14.4 Å². The molecule has 1 saturated heterocycles. The molecule has 0 spiro atoms. The molecule has 0 amide bonds. The second-order valence-corrected chi connectivity index (χ2v) is 9.01. The molecule has 27 heavy (non-hydrogen) atoms. The van der Waals surface area contributed by atoms with Gasteiger partial charge < -0.3 is 9.64 Å². The number of rotatable bonds is 5. The van der Waals surface area contributed by atoms with Crippen molar-refractivity contribution in [2.75, 3.05) is 29.8 Å². The minimum absolute atomic E-state index is 0.00520. The molecule has 0 aromatic heterocycles. The zero-order valence-corrected chi connectivity index (χ0v) is 17.7. The normalized spacial score (nSPS) is 14.5. The summed E-state index contributed by atoms with van der Waals surface area (Å²) in [4.78, 5) is 2.34. The first-order chi connectivity index (χ1) is 12.7. The van der Waals surface area contributed by atoms with Gasteiger partial charge in [0.15, 0.2) is 0 Å². The molecule has 1 heterocycles. The number of hydrogen-bond donors (Lipinski definition) is 1. The van der Waals surface area contributed by atoms with E-state index in [2.05, 4.69) is 16.5 Å². The van der Waals surface area contributed by atoms with E-state index in [1.165, 1.54) is 19.2 Å². The van der Waals surface area contributed by atoms with Gasteiger partial charge in [-0.15, -0.1) is 0 Å². The Balaban J connectivity index is 2.06. The summed E-state index contributed by atoms with van der Waals surface area (Å²) >= 11 is 6.16. The van der Waals surface area contributed by atoms with Gasteiger partial charge in [-0.1, -0.05) is 17.7 Å². The highest BCUT2D eigenvalue weighted by Gasteiger charge is 2.24. The molecule has 2 aromatic carbocycles. The highest BCUT2D eigenvalue weighted by Crippen LogP contribution is 2.37. The van der Waals surface area contributed by atoms with Crippen LogP contribution in [0.2, 0.25) is 5.02 Å². The van der Waals surface area contributed by atoms with Gasteiger partial charge in [0.1, 0.15) is 10.6 Å². The van der Waals surface area contributed by atoms with E-state index in [-0.39, 0.29) is 9.92 Å². The highest BCUT2D eigenvalue weighted by molar-refractivity contribution is 7.92. The van der Waals surface area contributed by atoms with E-state index in [0.29, 0.717) is 11.4 Å². The minimum atomic E-state index is -3.86. The molecule has 2 aromatic rings. The van der Waals surface area contributed by atoms with Gasteiger partial charge in [-0.25, -0.2) is 8.42 Å². The number of aryl methyl sites for hydroxylation is 2. The molecule has 5 nitrogen and oxygen atoms in total. The fraction of sp³-hybridized carbons (Fsp3) is 0.400. The van der Waals surface area contributed by atoms with Crippen LogP contribution >= 0.6 is 11.6 Å². The van der Waals surface area contributed by atoms with E-state index in [1.54, 1.807) is 6.07 Å². The average Bonchev–Trinajstić information content (AvgIpc) is 3.13. The lowest BCUT2D eigenvalue weighted by molar-refractivity contribution is 0.413. The van der Waals surface area contributed by atoms with Crippen LogP contribution in [0.5, 0.6) is 5.75 Å². The quantitative estimate of drug-likeness (QED) is 0.780. The largest absolute Gasteiger partial charge is 0.497 e. The number of halogens is 1. The van der Waals surface area contributed by atoms with Gasteiger partial charge in [-0.05, 0) is 62.4 Å². The summed E-state index contributed by atoms with van der Waals surface area (Å²) in [6.45, 7) is 7.96. The molecule has 1 aliphatic heterocycles. The molecule has 1 aliphatic rings. The first-order valence-corrected chi connectivity index (χ1v) is 10.8. The highest BCUT2D eigenvalue weighted by atomic mass is 35.5. The number of hydrogen-bond acceptors (Lipinski definition) is 4. The van der Waals surface area contributed by atoms with Crippen LogP contribution in [0.3, 0.4) is 0 Å². The van der Waals surface area contributed by atoms with Crippen LogP contribution in [-0.2, 0) is 10.0 Å². The summed E-state index contributed by atoms with van der Waals surface area (Å²) in [7, 11) is -2.37. The van der Waals surface area contributed by atoms with Crippen molar-refractivity contribution in [1.82, 2.24) is 0 Å². The zero-order valence-electron chi connectivity index (χ0n) is 16.1. The number of ether oxygens (including phenoxy) is 1. The molecule has 3 rings (SSSR count). The van der Waals surface area contributed by atoms with Crippen LogP contribution in [0.4, 0.5) is 11.4 Å². The summed E-state index contributed by atoms with van der Waals surface area (Å²) < 4.78 is 34.0. The fourth-order valence-corrected chi connectivity index (χ4v) is 5.48. The van der Waals surface area contributed by atoms with Crippen LogP contribution in [-0.4, -0.2) is 28.6 Å². The van der Waals surface area contributed by atoms with Gasteiger partial charge in [0.05, 0.1) is 17.8 Å². The predicted molar refractivity (Wildman–Crippen MR) is 111 cm³/mol. The third-order valence-corrected chi connectivity index (χ3v) is 6.85. The van der Waals surface area contributed by atoms with Crippen molar-refractivity contribution in [1.29, 1.82) is 0 Å². The molecule has 7 heteroatoms. The summed E-state index contributed by atoms with van der Waals surface area (Å²) in [5.41, 5.74) is 4.72. The molecular formula is C20H25ClN2O3S. The Hall–Kier alpha value is -1.92. The molecule has 0 bridgehead atoms. The summed E-state index contributed by atoms with van der Waals surface area (Å²) in [6, 6.07) is 6.63. The van der Waals surface area contributed by atoms with Gasteiger partial charge in [-0.3, -0.25) is 4.72 Å². The lowest BCUT2D eigenvalue weighted by Gasteiger charge is -2.26. The van der Waals surface area contributed by atoms with E-state index in [9.17, 15) is 8.42 Å². The number of anilines is 2. The molecule has 1 fully saturated rings. The van der Waals surface area contributed by atoms with E-state index in [4.69, 9.17) is 16.3 Å². The third kappa shape index (κ3) is 3.87. The maximum Gasteiger partial charge on any atom is 0.263 e. The lowest BCUT2D eigenvalue weighted by atomic mass is 10.0. The van der Waals surface area contributed by atoms with Crippen molar-refractivity contribution < 1.29 is 13.2 Å². The maximum absolute atomic E-state index is 13.0. The number of sulfonamides is 1. The summed E-state index contributed by atoms with van der Waals surface area (Å²) in [5, 5.41) is 0.158. The number of benzene rings is 2. The van der Waals surface area contributed by atoms with Crippen LogP contribution in [0.15, 0.2) is 29.2 Å². The zero-order chi connectivity index (χ0) is 19.8.